The van der Waals surface area contributed by atoms with Crippen LogP contribution in [0.2, 0.25) is 0 Å². The van der Waals surface area contributed by atoms with Gasteiger partial charge in [0.25, 0.3) is 0 Å². The highest BCUT2D eigenvalue weighted by molar-refractivity contribution is 5.75. The van der Waals surface area contributed by atoms with Crippen molar-refractivity contribution in [1.29, 1.82) is 0 Å². The second-order valence-electron chi connectivity index (χ2n) is 2.84. The van der Waals surface area contributed by atoms with E-state index in [1.54, 1.807) is 0 Å². The maximum atomic E-state index is 11.0. The molecule has 1 amide bonds. The summed E-state index contributed by atoms with van der Waals surface area (Å²) in [6, 6.07) is 0. The molecular formula is C10H17NO2. The second-order valence-corrected chi connectivity index (χ2v) is 2.84. The lowest BCUT2D eigenvalue weighted by Gasteiger charge is -2.02. The lowest BCUT2D eigenvalue weighted by molar-refractivity contribution is -0.121. The van der Waals surface area contributed by atoms with Crippen LogP contribution >= 0.6 is 0 Å². The molecule has 0 aromatic heterocycles. The summed E-state index contributed by atoms with van der Waals surface area (Å²) in [7, 11) is 0. The third-order valence-corrected chi connectivity index (χ3v) is 1.63. The molecule has 2 N–H and O–H groups in total. The monoisotopic (exact) mass is 183 g/mol. The molecule has 0 heterocycles. The van der Waals surface area contributed by atoms with Gasteiger partial charge in [-0.3, -0.25) is 4.79 Å². The van der Waals surface area contributed by atoms with Crippen molar-refractivity contribution >= 4 is 5.91 Å². The summed E-state index contributed by atoms with van der Waals surface area (Å²) < 4.78 is 0. The van der Waals surface area contributed by atoms with E-state index < -0.39 is 0 Å². The van der Waals surface area contributed by atoms with E-state index in [-0.39, 0.29) is 12.5 Å². The van der Waals surface area contributed by atoms with Gasteiger partial charge in [-0.05, 0) is 19.3 Å². The summed E-state index contributed by atoms with van der Waals surface area (Å²) in [5.74, 6) is 2.56. The molecule has 0 atom stereocenters. The summed E-state index contributed by atoms with van der Waals surface area (Å²) in [6.45, 7) is 0.812. The fourth-order valence-corrected chi connectivity index (χ4v) is 0.904. The van der Waals surface area contributed by atoms with Crippen LogP contribution in [0.4, 0.5) is 0 Å². The van der Waals surface area contributed by atoms with Gasteiger partial charge in [-0.15, -0.1) is 12.3 Å². The fourth-order valence-electron chi connectivity index (χ4n) is 0.904. The molecule has 0 rings (SSSR count). The SMILES string of the molecule is C#CCCCNC(=O)CCCCO. The Kier molecular flexibility index (Phi) is 8.38. The molecule has 0 spiro atoms. The molecule has 0 aliphatic rings. The quantitative estimate of drug-likeness (QED) is 0.450. The zero-order chi connectivity index (χ0) is 9.94. The van der Waals surface area contributed by atoms with Crippen molar-refractivity contribution in [2.45, 2.75) is 32.1 Å². The normalized spacial score (nSPS) is 9.23. The average Bonchev–Trinajstić information content (AvgIpc) is 2.13. The second kappa shape index (κ2) is 9.08. The Bertz CT molecular complexity index is 172. The van der Waals surface area contributed by atoms with Crippen LogP contribution in [0.5, 0.6) is 0 Å². The van der Waals surface area contributed by atoms with Gasteiger partial charge < -0.3 is 10.4 Å². The van der Waals surface area contributed by atoms with E-state index in [9.17, 15) is 4.79 Å². The number of aliphatic hydroxyl groups is 1. The van der Waals surface area contributed by atoms with Crippen molar-refractivity contribution in [2.24, 2.45) is 0 Å². The number of carbonyl (C=O) groups is 1. The zero-order valence-corrected chi connectivity index (χ0v) is 7.88. The maximum absolute atomic E-state index is 11.0. The third-order valence-electron chi connectivity index (χ3n) is 1.63. The van der Waals surface area contributed by atoms with Crippen LogP contribution in [0.15, 0.2) is 0 Å². The Hall–Kier alpha value is -1.01. The number of hydrogen-bond donors (Lipinski definition) is 2. The van der Waals surface area contributed by atoms with Crippen LogP contribution < -0.4 is 5.32 Å². The molecule has 74 valence electrons. The van der Waals surface area contributed by atoms with Crippen LogP contribution in [0, 0.1) is 12.3 Å². The van der Waals surface area contributed by atoms with Gasteiger partial charge in [0.1, 0.15) is 0 Å². The molecule has 0 aromatic rings. The van der Waals surface area contributed by atoms with E-state index in [4.69, 9.17) is 11.5 Å². The first-order chi connectivity index (χ1) is 6.31. The molecule has 0 aliphatic carbocycles. The summed E-state index contributed by atoms with van der Waals surface area (Å²) in [5.41, 5.74) is 0. The van der Waals surface area contributed by atoms with Crippen LogP contribution in [0.3, 0.4) is 0 Å². The van der Waals surface area contributed by atoms with Gasteiger partial charge in [0, 0.05) is 26.0 Å². The highest BCUT2D eigenvalue weighted by atomic mass is 16.2. The first-order valence-electron chi connectivity index (χ1n) is 4.62. The smallest absolute Gasteiger partial charge is 0.219 e. The zero-order valence-electron chi connectivity index (χ0n) is 7.88. The van der Waals surface area contributed by atoms with Gasteiger partial charge in [-0.2, -0.15) is 0 Å². The van der Waals surface area contributed by atoms with Crippen LogP contribution in [0.1, 0.15) is 32.1 Å². The molecule has 0 unspecified atom stereocenters. The molecule has 13 heavy (non-hydrogen) atoms. The van der Waals surface area contributed by atoms with Gasteiger partial charge in [0.05, 0.1) is 0 Å². The average molecular weight is 183 g/mol. The number of aliphatic hydroxyl groups excluding tert-OH is 1. The molecule has 0 aromatic carbocycles. The number of unbranched alkanes of at least 4 members (excludes halogenated alkanes) is 2. The van der Waals surface area contributed by atoms with Crippen molar-refractivity contribution in [3.05, 3.63) is 0 Å². The van der Waals surface area contributed by atoms with E-state index in [0.717, 1.165) is 12.8 Å². The standard InChI is InChI=1S/C10H17NO2/c1-2-3-5-8-11-10(13)7-4-6-9-12/h1,12H,3-9H2,(H,11,13). The summed E-state index contributed by atoms with van der Waals surface area (Å²) in [4.78, 5) is 11.0. The minimum absolute atomic E-state index is 0.0467. The minimum atomic E-state index is 0.0467. The number of hydrogen-bond acceptors (Lipinski definition) is 2. The summed E-state index contributed by atoms with van der Waals surface area (Å²) in [6.07, 6.45) is 8.53. The molecule has 3 nitrogen and oxygen atoms in total. The van der Waals surface area contributed by atoms with Gasteiger partial charge in [0.2, 0.25) is 5.91 Å². The third kappa shape index (κ3) is 8.90. The highest BCUT2D eigenvalue weighted by Crippen LogP contribution is 1.93. The number of amides is 1. The summed E-state index contributed by atoms with van der Waals surface area (Å²) in [5, 5.41) is 11.2. The van der Waals surface area contributed by atoms with Crippen LogP contribution in [-0.2, 0) is 4.79 Å². The first kappa shape index (κ1) is 12.0. The molecule has 0 saturated heterocycles. The lowest BCUT2D eigenvalue weighted by Crippen LogP contribution is -2.23. The first-order valence-corrected chi connectivity index (χ1v) is 4.62. The highest BCUT2D eigenvalue weighted by Gasteiger charge is 1.98. The van der Waals surface area contributed by atoms with Gasteiger partial charge in [0.15, 0.2) is 0 Å². The molecule has 0 bridgehead atoms. The molecule has 0 aliphatic heterocycles. The minimum Gasteiger partial charge on any atom is -0.396 e. The Morgan fingerprint density at radius 1 is 1.38 bits per heavy atom. The van der Waals surface area contributed by atoms with E-state index in [2.05, 4.69) is 11.2 Å². The van der Waals surface area contributed by atoms with Gasteiger partial charge >= 0.3 is 0 Å². The summed E-state index contributed by atoms with van der Waals surface area (Å²) >= 11 is 0. The maximum Gasteiger partial charge on any atom is 0.219 e. The fraction of sp³-hybridized carbons (Fsp3) is 0.700. The van der Waals surface area contributed by atoms with Crippen molar-refractivity contribution in [3.8, 4) is 12.3 Å². The van der Waals surface area contributed by atoms with Crippen LogP contribution in [-0.4, -0.2) is 24.2 Å². The van der Waals surface area contributed by atoms with Gasteiger partial charge in [-0.1, -0.05) is 0 Å². The number of rotatable bonds is 7. The van der Waals surface area contributed by atoms with E-state index in [1.807, 2.05) is 0 Å². The number of carbonyl (C=O) groups excluding carboxylic acids is 1. The topological polar surface area (TPSA) is 49.3 Å². The largest absolute Gasteiger partial charge is 0.396 e. The van der Waals surface area contributed by atoms with Crippen molar-refractivity contribution in [3.63, 3.8) is 0 Å². The predicted molar refractivity (Wildman–Crippen MR) is 52.0 cm³/mol. The van der Waals surface area contributed by atoms with E-state index in [0.29, 0.717) is 25.8 Å². The Labute approximate surface area is 79.5 Å². The Balaban J connectivity index is 3.16. The molecule has 3 heteroatoms. The predicted octanol–water partition coefficient (Wildman–Crippen LogP) is 0.679. The van der Waals surface area contributed by atoms with Gasteiger partial charge in [-0.25, -0.2) is 0 Å². The van der Waals surface area contributed by atoms with Crippen molar-refractivity contribution < 1.29 is 9.90 Å². The number of terminal acetylenes is 1. The Morgan fingerprint density at radius 2 is 2.15 bits per heavy atom. The lowest BCUT2D eigenvalue weighted by atomic mass is 10.2. The number of nitrogens with one attached hydrogen (secondary N) is 1. The van der Waals surface area contributed by atoms with E-state index >= 15 is 0 Å². The van der Waals surface area contributed by atoms with Crippen molar-refractivity contribution in [2.75, 3.05) is 13.2 Å². The molecule has 0 saturated carbocycles. The molecule has 0 fully saturated rings. The Morgan fingerprint density at radius 3 is 2.77 bits per heavy atom. The molecule has 0 radical (unpaired) electrons. The van der Waals surface area contributed by atoms with E-state index in [1.165, 1.54) is 0 Å². The van der Waals surface area contributed by atoms with Crippen molar-refractivity contribution in [1.82, 2.24) is 5.32 Å². The molecular weight excluding hydrogens is 166 g/mol. The van der Waals surface area contributed by atoms with Crippen LogP contribution in [0.25, 0.3) is 0 Å².